The van der Waals surface area contributed by atoms with Crippen LogP contribution < -0.4 is 9.47 Å². The van der Waals surface area contributed by atoms with Gasteiger partial charge in [-0.3, -0.25) is 9.59 Å². The molecule has 7 nitrogen and oxygen atoms in total. The molecule has 232 valence electrons. The number of aryl methyl sites for hydroxylation is 1. The number of hydrogen-bond donors (Lipinski definition) is 2. The molecule has 11 heteroatoms. The van der Waals surface area contributed by atoms with Crippen molar-refractivity contribution in [3.63, 3.8) is 0 Å². The minimum atomic E-state index is -1.10. The number of unbranched alkanes of at least 4 members (excludes halogenated alkanes) is 1. The van der Waals surface area contributed by atoms with E-state index in [9.17, 15) is 27.9 Å². The molecule has 1 heterocycles. The predicted octanol–water partition coefficient (Wildman–Crippen LogP) is 7.41. The zero-order chi connectivity index (χ0) is 31.8. The largest absolute Gasteiger partial charge is 0.494 e. The Morgan fingerprint density at radius 2 is 1.48 bits per heavy atom. The first kappa shape index (κ1) is 32.1. The molecule has 0 aliphatic carbocycles. The number of benzene rings is 3. The molecule has 0 unspecified atom stereocenters. The van der Waals surface area contributed by atoms with Crippen LogP contribution in [0.2, 0.25) is 0 Å². The fraction of sp³-hybridized carbons (Fsp3) is 0.273. The number of rotatable bonds is 15. The molecule has 4 rings (SSSR count). The molecule has 4 aromatic rings. The smallest absolute Gasteiger partial charge is 0.323 e. The molecule has 1 aromatic heterocycles. The maximum atomic E-state index is 15.1. The Hall–Kier alpha value is -4.80. The van der Waals surface area contributed by atoms with Gasteiger partial charge in [-0.2, -0.15) is 0 Å². The summed E-state index contributed by atoms with van der Waals surface area (Å²) in [4.78, 5) is 22.6. The first-order valence-electron chi connectivity index (χ1n) is 14.0. The van der Waals surface area contributed by atoms with E-state index >= 15 is 4.39 Å². The highest BCUT2D eigenvalue weighted by Crippen LogP contribution is 2.33. The van der Waals surface area contributed by atoms with E-state index in [2.05, 4.69) is 0 Å². The lowest BCUT2D eigenvalue weighted by Gasteiger charge is -2.09. The fourth-order valence-electron chi connectivity index (χ4n) is 4.96. The Balaban J connectivity index is 1.40. The van der Waals surface area contributed by atoms with Crippen molar-refractivity contribution in [2.24, 2.45) is 0 Å². The molecule has 0 radical (unpaired) electrons. The summed E-state index contributed by atoms with van der Waals surface area (Å²) >= 11 is 0. The van der Waals surface area contributed by atoms with Crippen molar-refractivity contribution in [2.45, 2.75) is 45.6 Å². The SMILES string of the molecule is Cc1c(CCCC(=O)O)c2c(F)ccc(C=Cc3ccc(OCCCCOc4c(F)cc(F)cc4F)cc3)c2n1CC(=O)O. The van der Waals surface area contributed by atoms with Gasteiger partial charge in [-0.25, -0.2) is 17.6 Å². The van der Waals surface area contributed by atoms with E-state index in [4.69, 9.17) is 14.6 Å². The van der Waals surface area contributed by atoms with E-state index in [1.807, 2.05) is 12.1 Å². The number of carbonyl (C=O) groups is 2. The third-order valence-electron chi connectivity index (χ3n) is 7.03. The third kappa shape index (κ3) is 7.97. The van der Waals surface area contributed by atoms with Crippen LogP contribution in [0.15, 0.2) is 48.5 Å². The number of hydrogen-bond acceptors (Lipinski definition) is 4. The molecule has 0 saturated heterocycles. The first-order valence-corrected chi connectivity index (χ1v) is 14.0. The molecule has 0 saturated carbocycles. The van der Waals surface area contributed by atoms with Crippen LogP contribution in [-0.4, -0.2) is 39.9 Å². The second-order valence-electron chi connectivity index (χ2n) is 10.2. The van der Waals surface area contributed by atoms with Gasteiger partial charge in [0.1, 0.15) is 23.9 Å². The van der Waals surface area contributed by atoms with Gasteiger partial charge >= 0.3 is 11.9 Å². The maximum Gasteiger partial charge on any atom is 0.323 e. The van der Waals surface area contributed by atoms with Crippen molar-refractivity contribution in [3.05, 3.63) is 94.2 Å². The summed E-state index contributed by atoms with van der Waals surface area (Å²) in [6, 6.07) is 11.2. The number of aliphatic carboxylic acids is 2. The van der Waals surface area contributed by atoms with Gasteiger partial charge < -0.3 is 24.3 Å². The number of aromatic nitrogens is 1. The zero-order valence-corrected chi connectivity index (χ0v) is 23.9. The van der Waals surface area contributed by atoms with Crippen molar-refractivity contribution in [2.75, 3.05) is 13.2 Å². The normalized spacial score (nSPS) is 11.4. The third-order valence-corrected chi connectivity index (χ3v) is 7.03. The second kappa shape index (κ2) is 14.6. The van der Waals surface area contributed by atoms with Gasteiger partial charge in [0.2, 0.25) is 0 Å². The maximum absolute atomic E-state index is 15.1. The van der Waals surface area contributed by atoms with Gasteiger partial charge in [0.25, 0.3) is 0 Å². The number of carboxylic acid groups (broad SMARTS) is 2. The Kier molecular flexibility index (Phi) is 10.6. The summed E-state index contributed by atoms with van der Waals surface area (Å²) in [5.41, 5.74) is 3.02. The lowest BCUT2D eigenvalue weighted by Crippen LogP contribution is -2.10. The number of nitrogens with zero attached hydrogens (tertiary/aromatic N) is 1. The van der Waals surface area contributed by atoms with E-state index in [1.54, 1.807) is 41.8 Å². The highest BCUT2D eigenvalue weighted by atomic mass is 19.1. The summed E-state index contributed by atoms with van der Waals surface area (Å²) in [7, 11) is 0. The van der Waals surface area contributed by atoms with Crippen LogP contribution in [0, 0.1) is 30.2 Å². The number of ether oxygens (including phenoxy) is 2. The average molecular weight is 614 g/mol. The summed E-state index contributed by atoms with van der Waals surface area (Å²) in [5.74, 6) is -5.77. The van der Waals surface area contributed by atoms with Gasteiger partial charge in [-0.1, -0.05) is 24.3 Å². The molecule has 0 amide bonds. The molecule has 0 atom stereocenters. The molecule has 0 bridgehead atoms. The van der Waals surface area contributed by atoms with Gasteiger partial charge in [0.15, 0.2) is 17.4 Å². The molecule has 3 aromatic carbocycles. The standard InChI is InChI=1S/C33H31F4NO6/c1-20-25(5-4-6-29(39)40)31-26(35)14-11-22(32(31)38(20)19-30(41)42)10-7-21-8-12-24(13-9-21)43-15-2-3-16-44-33-27(36)17-23(34)18-28(33)37/h7-14,17-18H,2-6,15-16,19H2,1H3,(H,39,40)(H,41,42). The Morgan fingerprint density at radius 3 is 2.11 bits per heavy atom. The predicted molar refractivity (Wildman–Crippen MR) is 157 cm³/mol. The Labute approximate surface area is 251 Å². The van der Waals surface area contributed by atoms with Gasteiger partial charge in [-0.15, -0.1) is 0 Å². The molecule has 0 aliphatic rings. The lowest BCUT2D eigenvalue weighted by atomic mass is 10.0. The minimum Gasteiger partial charge on any atom is -0.494 e. The topological polar surface area (TPSA) is 98.0 Å². The van der Waals surface area contributed by atoms with Gasteiger partial charge in [0, 0.05) is 29.6 Å². The van der Waals surface area contributed by atoms with Crippen LogP contribution in [0.25, 0.3) is 23.1 Å². The van der Waals surface area contributed by atoms with Crippen LogP contribution in [0.5, 0.6) is 11.5 Å². The Morgan fingerprint density at radius 1 is 0.818 bits per heavy atom. The average Bonchev–Trinajstić information content (AvgIpc) is 3.23. The second-order valence-corrected chi connectivity index (χ2v) is 10.2. The van der Waals surface area contributed by atoms with E-state index in [-0.39, 0.29) is 19.6 Å². The lowest BCUT2D eigenvalue weighted by molar-refractivity contribution is -0.138. The van der Waals surface area contributed by atoms with E-state index in [1.165, 1.54) is 6.07 Å². The van der Waals surface area contributed by atoms with Crippen LogP contribution in [0.1, 0.15) is 48.1 Å². The first-order chi connectivity index (χ1) is 21.0. The molecular weight excluding hydrogens is 582 g/mol. The van der Waals surface area contributed by atoms with Crippen LogP contribution in [0.4, 0.5) is 17.6 Å². The molecule has 0 fully saturated rings. The van der Waals surface area contributed by atoms with Gasteiger partial charge in [0.05, 0.1) is 18.7 Å². The quantitative estimate of drug-likeness (QED) is 0.0824. The van der Waals surface area contributed by atoms with Gasteiger partial charge in [-0.05, 0) is 73.6 Å². The molecule has 0 aliphatic heterocycles. The minimum absolute atomic E-state index is 0.0302. The van der Waals surface area contributed by atoms with Crippen molar-refractivity contribution < 1.29 is 46.8 Å². The van der Waals surface area contributed by atoms with E-state index in [0.29, 0.717) is 77.9 Å². The Bertz CT molecular complexity index is 1660. The van der Waals surface area contributed by atoms with Crippen LogP contribution in [-0.2, 0) is 22.6 Å². The fourth-order valence-corrected chi connectivity index (χ4v) is 4.96. The molecule has 0 spiro atoms. The number of halogens is 4. The summed E-state index contributed by atoms with van der Waals surface area (Å²) < 4.78 is 67.7. The highest BCUT2D eigenvalue weighted by molar-refractivity contribution is 5.95. The van der Waals surface area contributed by atoms with E-state index in [0.717, 1.165) is 5.56 Å². The van der Waals surface area contributed by atoms with Crippen molar-refractivity contribution in [1.29, 1.82) is 0 Å². The van der Waals surface area contributed by atoms with Crippen molar-refractivity contribution in [3.8, 4) is 11.5 Å². The highest BCUT2D eigenvalue weighted by Gasteiger charge is 2.21. The molecule has 44 heavy (non-hydrogen) atoms. The summed E-state index contributed by atoms with van der Waals surface area (Å²) in [6.45, 7) is 1.70. The zero-order valence-electron chi connectivity index (χ0n) is 23.9. The van der Waals surface area contributed by atoms with Crippen LogP contribution >= 0.6 is 0 Å². The number of fused-ring (bicyclic) bond motifs is 1. The van der Waals surface area contributed by atoms with E-state index < -0.39 is 41.0 Å². The van der Waals surface area contributed by atoms with Crippen LogP contribution in [0.3, 0.4) is 0 Å². The number of carboxylic acids is 2. The molecular formula is C33H31F4NO6. The van der Waals surface area contributed by atoms with Crippen molar-refractivity contribution in [1.82, 2.24) is 4.57 Å². The van der Waals surface area contributed by atoms with Crippen molar-refractivity contribution >= 4 is 35.0 Å². The molecule has 2 N–H and O–H groups in total. The summed E-state index contributed by atoms with van der Waals surface area (Å²) in [5, 5.41) is 18.8. The monoisotopic (exact) mass is 613 g/mol. The summed E-state index contributed by atoms with van der Waals surface area (Å²) in [6.07, 6.45) is 5.07.